The van der Waals surface area contributed by atoms with Crippen LogP contribution < -0.4 is 10.5 Å². The third kappa shape index (κ3) is 8.60. The number of phenols is 1. The molecule has 6 heteroatoms. The van der Waals surface area contributed by atoms with Crippen LogP contribution >= 0.6 is 0 Å². The summed E-state index contributed by atoms with van der Waals surface area (Å²) in [6, 6.07) is 15.5. The average molecular weight is 501 g/mol. The molecular formula is C31H36N2O4. The van der Waals surface area contributed by atoms with Gasteiger partial charge in [0.2, 0.25) is 0 Å². The van der Waals surface area contributed by atoms with Gasteiger partial charge in [0.25, 0.3) is 0 Å². The SMILES string of the molecule is CCCCCC(=O)CC(=O)C=Cc1cc(OC)c(O)cc1Cc1cnc(N)cc1CCc1ccccc1. The number of methoxy groups -OCH3 is 1. The summed E-state index contributed by atoms with van der Waals surface area (Å²) >= 11 is 0. The standard InChI is InChI=1S/C31H36N2O4/c1-3-4-6-11-27(34)20-28(35)15-14-23-18-30(37-2)29(36)17-25(23)16-26-21-33-31(32)19-24(26)13-12-22-9-7-5-8-10-22/h5,7-10,14-15,17-19,21,36H,3-4,6,11-13,16,20H2,1-2H3,(H2,32,33). The number of aromatic nitrogens is 1. The number of carbonyl (C=O) groups is 2. The normalized spacial score (nSPS) is 11.1. The van der Waals surface area contributed by atoms with Crippen molar-refractivity contribution in [2.45, 2.75) is 58.3 Å². The summed E-state index contributed by atoms with van der Waals surface area (Å²) in [5.74, 6) is 0.506. The zero-order chi connectivity index (χ0) is 26.6. The molecule has 0 bridgehead atoms. The van der Waals surface area contributed by atoms with Crippen LogP contribution in [0, 0.1) is 0 Å². The number of anilines is 1. The largest absolute Gasteiger partial charge is 0.504 e. The van der Waals surface area contributed by atoms with Crippen molar-refractivity contribution >= 4 is 23.5 Å². The number of carbonyl (C=O) groups excluding carboxylic acids is 2. The second-order valence-corrected chi connectivity index (χ2v) is 9.24. The van der Waals surface area contributed by atoms with Crippen molar-refractivity contribution in [2.24, 2.45) is 0 Å². The first-order valence-corrected chi connectivity index (χ1v) is 12.8. The Bertz CT molecular complexity index is 1240. The second-order valence-electron chi connectivity index (χ2n) is 9.24. The van der Waals surface area contributed by atoms with Gasteiger partial charge in [-0.1, -0.05) is 56.2 Å². The quantitative estimate of drug-likeness (QED) is 0.163. The molecule has 3 rings (SSSR count). The average Bonchev–Trinajstić information content (AvgIpc) is 2.89. The second kappa shape index (κ2) is 14.0. The summed E-state index contributed by atoms with van der Waals surface area (Å²) in [6.07, 6.45) is 10.2. The van der Waals surface area contributed by atoms with E-state index in [1.807, 2.05) is 24.3 Å². The van der Waals surface area contributed by atoms with Gasteiger partial charge >= 0.3 is 0 Å². The fourth-order valence-corrected chi connectivity index (χ4v) is 4.26. The number of aromatic hydroxyl groups is 1. The Balaban J connectivity index is 1.82. The van der Waals surface area contributed by atoms with E-state index in [-0.39, 0.29) is 23.7 Å². The first kappa shape index (κ1) is 27.7. The van der Waals surface area contributed by atoms with Crippen molar-refractivity contribution in [3.05, 3.63) is 88.6 Å². The summed E-state index contributed by atoms with van der Waals surface area (Å²) < 4.78 is 5.29. The monoisotopic (exact) mass is 500 g/mol. The van der Waals surface area contributed by atoms with Crippen molar-refractivity contribution in [1.29, 1.82) is 0 Å². The molecule has 0 saturated carbocycles. The van der Waals surface area contributed by atoms with Gasteiger partial charge in [-0.25, -0.2) is 4.98 Å². The summed E-state index contributed by atoms with van der Waals surface area (Å²) in [6.45, 7) is 2.08. The number of benzene rings is 2. The molecule has 1 aromatic heterocycles. The Kier molecular flexibility index (Phi) is 10.4. The highest BCUT2D eigenvalue weighted by Crippen LogP contribution is 2.32. The Labute approximate surface area is 219 Å². The number of allylic oxidation sites excluding steroid dienone is 1. The summed E-state index contributed by atoms with van der Waals surface area (Å²) in [5.41, 5.74) is 10.8. The van der Waals surface area contributed by atoms with Crippen LogP contribution in [0.5, 0.6) is 11.5 Å². The molecule has 37 heavy (non-hydrogen) atoms. The van der Waals surface area contributed by atoms with E-state index >= 15 is 0 Å². The Morgan fingerprint density at radius 1 is 1.03 bits per heavy atom. The van der Waals surface area contributed by atoms with Crippen molar-refractivity contribution in [2.75, 3.05) is 12.8 Å². The lowest BCUT2D eigenvalue weighted by Crippen LogP contribution is -2.05. The molecule has 0 amide bonds. The lowest BCUT2D eigenvalue weighted by Gasteiger charge is -2.14. The van der Waals surface area contributed by atoms with Crippen molar-refractivity contribution in [3.8, 4) is 11.5 Å². The van der Waals surface area contributed by atoms with Crippen molar-refractivity contribution in [1.82, 2.24) is 4.98 Å². The molecule has 0 atom stereocenters. The number of hydrogen-bond donors (Lipinski definition) is 2. The lowest BCUT2D eigenvalue weighted by atomic mass is 9.94. The highest BCUT2D eigenvalue weighted by Gasteiger charge is 2.13. The van der Waals surface area contributed by atoms with Gasteiger partial charge in [-0.15, -0.1) is 0 Å². The maximum Gasteiger partial charge on any atom is 0.163 e. The molecule has 194 valence electrons. The van der Waals surface area contributed by atoms with E-state index in [1.165, 1.54) is 18.7 Å². The minimum absolute atomic E-state index is 0.0151. The molecule has 1 heterocycles. The molecule has 6 nitrogen and oxygen atoms in total. The van der Waals surface area contributed by atoms with Gasteiger partial charge in [-0.05, 0) is 77.8 Å². The van der Waals surface area contributed by atoms with Gasteiger partial charge in [-0.2, -0.15) is 0 Å². The molecule has 3 aromatic rings. The number of aryl methyl sites for hydroxylation is 2. The first-order chi connectivity index (χ1) is 17.9. The molecule has 2 aromatic carbocycles. The zero-order valence-electron chi connectivity index (χ0n) is 21.7. The topological polar surface area (TPSA) is 103 Å². The van der Waals surface area contributed by atoms with Crippen LogP contribution in [0.1, 0.15) is 66.8 Å². The number of rotatable bonds is 14. The van der Waals surface area contributed by atoms with Crippen LogP contribution in [0.4, 0.5) is 5.82 Å². The molecule has 0 spiro atoms. The highest BCUT2D eigenvalue weighted by molar-refractivity contribution is 6.06. The predicted octanol–water partition coefficient (Wildman–Crippen LogP) is 5.88. The number of ketones is 2. The van der Waals surface area contributed by atoms with Gasteiger partial charge in [0.15, 0.2) is 17.3 Å². The van der Waals surface area contributed by atoms with Gasteiger partial charge in [0.1, 0.15) is 11.6 Å². The number of pyridine rings is 1. The number of Topliss-reactive ketones (excluding diaryl/α,β-unsaturated/α-hetero) is 1. The van der Waals surface area contributed by atoms with Crippen molar-refractivity contribution in [3.63, 3.8) is 0 Å². The van der Waals surface area contributed by atoms with Crippen molar-refractivity contribution < 1.29 is 19.4 Å². The third-order valence-electron chi connectivity index (χ3n) is 6.33. The van der Waals surface area contributed by atoms with E-state index < -0.39 is 0 Å². The van der Waals surface area contributed by atoms with Gasteiger partial charge in [0, 0.05) is 12.6 Å². The van der Waals surface area contributed by atoms with Crippen LogP contribution in [-0.4, -0.2) is 28.8 Å². The fraction of sp³-hybridized carbons (Fsp3) is 0.323. The molecule has 0 fully saturated rings. The summed E-state index contributed by atoms with van der Waals surface area (Å²) in [7, 11) is 1.48. The van der Waals surface area contributed by atoms with E-state index in [4.69, 9.17) is 10.5 Å². The van der Waals surface area contributed by atoms with E-state index in [1.54, 1.807) is 24.4 Å². The minimum Gasteiger partial charge on any atom is -0.504 e. The van der Waals surface area contributed by atoms with Crippen LogP contribution in [-0.2, 0) is 28.9 Å². The minimum atomic E-state index is -0.239. The molecule has 0 unspecified atom stereocenters. The maximum atomic E-state index is 12.4. The molecule has 0 aliphatic rings. The highest BCUT2D eigenvalue weighted by atomic mass is 16.5. The molecular weight excluding hydrogens is 464 g/mol. The van der Waals surface area contributed by atoms with Gasteiger partial charge < -0.3 is 15.6 Å². The lowest BCUT2D eigenvalue weighted by molar-refractivity contribution is -0.124. The van der Waals surface area contributed by atoms with Crippen LogP contribution in [0.25, 0.3) is 6.08 Å². The van der Waals surface area contributed by atoms with Crippen LogP contribution in [0.2, 0.25) is 0 Å². The van der Waals surface area contributed by atoms with Gasteiger partial charge in [-0.3, -0.25) is 9.59 Å². The third-order valence-corrected chi connectivity index (χ3v) is 6.33. The number of hydrogen-bond acceptors (Lipinski definition) is 6. The van der Waals surface area contributed by atoms with E-state index in [0.29, 0.717) is 24.4 Å². The van der Waals surface area contributed by atoms with Gasteiger partial charge in [0.05, 0.1) is 13.5 Å². The van der Waals surface area contributed by atoms with E-state index in [9.17, 15) is 14.7 Å². The molecule has 0 radical (unpaired) electrons. The number of unbranched alkanes of at least 4 members (excludes halogenated alkanes) is 2. The van der Waals surface area contributed by atoms with E-state index in [2.05, 4.69) is 24.0 Å². The van der Waals surface area contributed by atoms with Crippen LogP contribution in [0.15, 0.2) is 60.8 Å². The Morgan fingerprint density at radius 3 is 2.54 bits per heavy atom. The number of nitrogen functional groups attached to an aromatic ring is 1. The number of phenolic OH excluding ortho intramolecular Hbond substituents is 1. The Hall–Kier alpha value is -3.93. The molecule has 0 saturated heterocycles. The van der Waals surface area contributed by atoms with Crippen LogP contribution in [0.3, 0.4) is 0 Å². The molecule has 0 aliphatic carbocycles. The number of nitrogens with zero attached hydrogens (tertiary/aromatic N) is 1. The Morgan fingerprint density at radius 2 is 1.81 bits per heavy atom. The first-order valence-electron chi connectivity index (χ1n) is 12.8. The summed E-state index contributed by atoms with van der Waals surface area (Å²) in [4.78, 5) is 28.8. The smallest absolute Gasteiger partial charge is 0.163 e. The number of nitrogens with two attached hydrogens (primary N) is 1. The molecule has 0 aliphatic heterocycles. The van der Waals surface area contributed by atoms with E-state index in [0.717, 1.165) is 54.4 Å². The fourth-order valence-electron chi connectivity index (χ4n) is 4.26. The maximum absolute atomic E-state index is 12.4. The zero-order valence-corrected chi connectivity index (χ0v) is 21.7. The summed E-state index contributed by atoms with van der Waals surface area (Å²) in [5, 5.41) is 10.5. The predicted molar refractivity (Wildman–Crippen MR) is 148 cm³/mol. The molecule has 3 N–H and O–H groups in total. The number of ether oxygens (including phenoxy) is 1.